The summed E-state index contributed by atoms with van der Waals surface area (Å²) >= 11 is 7.00. The number of carbonyl (C=O) groups excluding carboxylic acids is 2. The zero-order valence-corrected chi connectivity index (χ0v) is 21.9. The second kappa shape index (κ2) is 11.4. The monoisotopic (exact) mass is 610 g/mol. The third-order valence-corrected chi connectivity index (χ3v) is 6.44. The van der Waals surface area contributed by atoms with E-state index in [9.17, 15) is 14.7 Å². The van der Waals surface area contributed by atoms with Crippen molar-refractivity contribution in [3.63, 3.8) is 0 Å². The van der Waals surface area contributed by atoms with Crippen LogP contribution in [-0.4, -0.2) is 28.7 Å². The number of hydrogen-bond acceptors (Lipinski definition) is 5. The lowest BCUT2D eigenvalue weighted by atomic mass is 10.0. The van der Waals surface area contributed by atoms with Gasteiger partial charge in [0.1, 0.15) is 18.0 Å². The van der Waals surface area contributed by atoms with Crippen LogP contribution in [0.4, 0.5) is 5.69 Å². The molecule has 4 rings (SSSR count). The highest BCUT2D eigenvalue weighted by Crippen LogP contribution is 2.42. The van der Waals surface area contributed by atoms with Crippen LogP contribution < -0.4 is 15.1 Å². The molecule has 9 heteroatoms. The summed E-state index contributed by atoms with van der Waals surface area (Å²) in [6.45, 7) is -0.401. The highest BCUT2D eigenvalue weighted by molar-refractivity contribution is 9.11. The van der Waals surface area contributed by atoms with Crippen molar-refractivity contribution in [2.45, 2.75) is 0 Å². The van der Waals surface area contributed by atoms with Gasteiger partial charge in [0.05, 0.1) is 8.95 Å². The molecule has 0 aliphatic carbocycles. The standard InChI is InChI=1S/C27H20Br2N2O5/c28-22-13-19(31(16-25(33)30-35)27(34)18-9-5-2-6-10-18)14-23(29)26(22)36-20-11-12-24(32)21(15-20)17-7-3-1-4-8-17/h1-15,32,35H,16H2,(H,30,33). The number of anilines is 1. The fraction of sp³-hybridized carbons (Fsp3) is 0.0370. The number of benzene rings is 4. The van der Waals surface area contributed by atoms with Crippen LogP contribution in [0, 0.1) is 0 Å². The average Bonchev–Trinajstić information content (AvgIpc) is 2.90. The number of rotatable bonds is 7. The number of hydroxylamine groups is 1. The molecule has 0 heterocycles. The number of aromatic hydroxyl groups is 1. The van der Waals surface area contributed by atoms with E-state index in [-0.39, 0.29) is 5.75 Å². The Bertz CT molecular complexity index is 1380. The molecule has 36 heavy (non-hydrogen) atoms. The molecule has 0 unspecified atom stereocenters. The first-order valence-electron chi connectivity index (χ1n) is 10.7. The highest BCUT2D eigenvalue weighted by atomic mass is 79.9. The lowest BCUT2D eigenvalue weighted by molar-refractivity contribution is -0.127. The van der Waals surface area contributed by atoms with Gasteiger partial charge in [0.2, 0.25) is 0 Å². The van der Waals surface area contributed by atoms with Crippen molar-refractivity contribution >= 4 is 49.4 Å². The first-order valence-corrected chi connectivity index (χ1v) is 12.3. The van der Waals surface area contributed by atoms with E-state index in [2.05, 4.69) is 31.9 Å². The summed E-state index contributed by atoms with van der Waals surface area (Å²) < 4.78 is 7.13. The third kappa shape index (κ3) is 5.76. The molecule has 0 aromatic heterocycles. The van der Waals surface area contributed by atoms with Crippen molar-refractivity contribution in [1.29, 1.82) is 0 Å². The van der Waals surface area contributed by atoms with E-state index in [4.69, 9.17) is 9.94 Å². The van der Waals surface area contributed by atoms with Gasteiger partial charge in [-0.3, -0.25) is 19.7 Å². The Morgan fingerprint density at radius 3 is 2.08 bits per heavy atom. The minimum absolute atomic E-state index is 0.124. The zero-order valence-electron chi connectivity index (χ0n) is 18.7. The smallest absolute Gasteiger partial charge is 0.263 e. The molecule has 0 aliphatic rings. The summed E-state index contributed by atoms with van der Waals surface area (Å²) in [4.78, 5) is 26.4. The molecule has 0 bridgehead atoms. The molecule has 4 aromatic rings. The van der Waals surface area contributed by atoms with Crippen molar-refractivity contribution in [1.82, 2.24) is 5.48 Å². The van der Waals surface area contributed by atoms with Gasteiger partial charge in [-0.15, -0.1) is 0 Å². The van der Waals surface area contributed by atoms with E-state index < -0.39 is 18.4 Å². The fourth-order valence-electron chi connectivity index (χ4n) is 3.54. The number of phenolic OH excluding ortho intramolecular Hbond substituents is 1. The van der Waals surface area contributed by atoms with Crippen LogP contribution in [0.2, 0.25) is 0 Å². The number of carbonyl (C=O) groups is 2. The maximum atomic E-state index is 13.2. The molecule has 0 saturated carbocycles. The molecule has 3 N–H and O–H groups in total. The van der Waals surface area contributed by atoms with Gasteiger partial charge in [-0.05, 0) is 79.9 Å². The van der Waals surface area contributed by atoms with Crippen LogP contribution in [0.3, 0.4) is 0 Å². The topological polar surface area (TPSA) is 99.1 Å². The Kier molecular flexibility index (Phi) is 8.04. The van der Waals surface area contributed by atoms with E-state index in [0.717, 1.165) is 5.56 Å². The molecule has 0 atom stereocenters. The zero-order chi connectivity index (χ0) is 25.7. The van der Waals surface area contributed by atoms with E-state index in [1.165, 1.54) is 4.90 Å². The van der Waals surface area contributed by atoms with E-state index in [0.29, 0.717) is 37.3 Å². The van der Waals surface area contributed by atoms with Crippen molar-refractivity contribution in [2.24, 2.45) is 0 Å². The number of hydrogen-bond donors (Lipinski definition) is 3. The number of nitrogens with zero attached hydrogens (tertiary/aromatic N) is 1. The lowest BCUT2D eigenvalue weighted by Crippen LogP contribution is -2.40. The molecule has 4 aromatic carbocycles. The first-order chi connectivity index (χ1) is 17.4. The molecule has 2 amide bonds. The maximum absolute atomic E-state index is 13.2. The van der Waals surface area contributed by atoms with Crippen LogP contribution in [0.25, 0.3) is 11.1 Å². The van der Waals surface area contributed by atoms with Gasteiger partial charge < -0.3 is 9.84 Å². The van der Waals surface area contributed by atoms with Gasteiger partial charge in [-0.1, -0.05) is 48.5 Å². The number of phenols is 1. The summed E-state index contributed by atoms with van der Waals surface area (Å²) in [6.07, 6.45) is 0. The summed E-state index contributed by atoms with van der Waals surface area (Å²) in [5, 5.41) is 19.4. The number of amides is 2. The molecule has 0 saturated heterocycles. The summed E-state index contributed by atoms with van der Waals surface area (Å²) in [5.41, 5.74) is 3.80. The number of halogens is 2. The van der Waals surface area contributed by atoms with Crippen LogP contribution in [0.15, 0.2) is 99.9 Å². The highest BCUT2D eigenvalue weighted by Gasteiger charge is 2.23. The minimum Gasteiger partial charge on any atom is -0.507 e. The molecule has 0 aliphatic heterocycles. The normalized spacial score (nSPS) is 10.5. The van der Waals surface area contributed by atoms with Gasteiger partial charge >= 0.3 is 0 Å². The van der Waals surface area contributed by atoms with Gasteiger partial charge in [-0.2, -0.15) is 0 Å². The Hall–Kier alpha value is -3.66. The second-order valence-corrected chi connectivity index (χ2v) is 9.39. The number of nitrogens with one attached hydrogen (secondary N) is 1. The molecular formula is C27H20Br2N2O5. The van der Waals surface area contributed by atoms with Crippen LogP contribution >= 0.6 is 31.9 Å². The minimum atomic E-state index is -0.746. The summed E-state index contributed by atoms with van der Waals surface area (Å²) in [6, 6.07) is 26.2. The van der Waals surface area contributed by atoms with Crippen molar-refractivity contribution in [3.05, 3.63) is 106 Å². The Balaban J connectivity index is 1.67. The van der Waals surface area contributed by atoms with E-state index >= 15 is 0 Å². The van der Waals surface area contributed by atoms with Crippen molar-refractivity contribution < 1.29 is 24.6 Å². The molecule has 7 nitrogen and oxygen atoms in total. The van der Waals surface area contributed by atoms with Gasteiger partial charge in [0.25, 0.3) is 11.8 Å². The van der Waals surface area contributed by atoms with Gasteiger partial charge in [0, 0.05) is 16.8 Å². The Morgan fingerprint density at radius 1 is 0.861 bits per heavy atom. The molecular weight excluding hydrogens is 592 g/mol. The second-order valence-electron chi connectivity index (χ2n) is 7.68. The van der Waals surface area contributed by atoms with Crippen LogP contribution in [0.1, 0.15) is 10.4 Å². The third-order valence-electron chi connectivity index (χ3n) is 5.26. The van der Waals surface area contributed by atoms with Crippen molar-refractivity contribution in [3.8, 4) is 28.4 Å². The SMILES string of the molecule is O=C(CN(C(=O)c1ccccc1)c1cc(Br)c(Oc2ccc(O)c(-c3ccccc3)c2)c(Br)c1)NO. The maximum Gasteiger partial charge on any atom is 0.263 e. The van der Waals surface area contributed by atoms with Crippen LogP contribution in [-0.2, 0) is 4.79 Å². The average molecular weight is 612 g/mol. The van der Waals surface area contributed by atoms with Gasteiger partial charge in [0.15, 0.2) is 5.75 Å². The predicted octanol–water partition coefficient (Wildman–Crippen LogP) is 6.53. The van der Waals surface area contributed by atoms with Crippen molar-refractivity contribution in [2.75, 3.05) is 11.4 Å². The molecule has 0 fully saturated rings. The first kappa shape index (κ1) is 25.4. The Labute approximate surface area is 224 Å². The summed E-state index contributed by atoms with van der Waals surface area (Å²) in [7, 11) is 0. The largest absolute Gasteiger partial charge is 0.507 e. The quantitative estimate of drug-likeness (QED) is 0.163. The molecule has 0 radical (unpaired) electrons. The van der Waals surface area contributed by atoms with E-state index in [1.807, 2.05) is 30.3 Å². The molecule has 182 valence electrons. The number of ether oxygens (including phenoxy) is 1. The predicted molar refractivity (Wildman–Crippen MR) is 144 cm³/mol. The molecule has 0 spiro atoms. The summed E-state index contributed by atoms with van der Waals surface area (Å²) in [5.74, 6) is -0.124. The fourth-order valence-corrected chi connectivity index (χ4v) is 4.87. The lowest BCUT2D eigenvalue weighted by Gasteiger charge is -2.23. The van der Waals surface area contributed by atoms with Crippen LogP contribution in [0.5, 0.6) is 17.2 Å². The Morgan fingerprint density at radius 2 is 1.47 bits per heavy atom. The van der Waals surface area contributed by atoms with E-state index in [1.54, 1.807) is 66.1 Å². The van der Waals surface area contributed by atoms with Gasteiger partial charge in [-0.25, -0.2) is 5.48 Å².